The van der Waals surface area contributed by atoms with Crippen LogP contribution >= 0.6 is 0 Å². The molecule has 0 heterocycles. The van der Waals surface area contributed by atoms with E-state index in [4.69, 9.17) is 5.73 Å². The Morgan fingerprint density at radius 2 is 2.07 bits per heavy atom. The largest absolute Gasteiger partial charge is 0.392 e. The molecule has 86 valence electrons. The van der Waals surface area contributed by atoms with Crippen molar-refractivity contribution in [1.29, 1.82) is 0 Å². The van der Waals surface area contributed by atoms with E-state index < -0.39 is 0 Å². The average Bonchev–Trinajstić information content (AvgIpc) is 2.99. The fraction of sp³-hybridized carbons (Fsp3) is 0.909. The minimum atomic E-state index is -0.231. The second-order valence-corrected chi connectivity index (χ2v) is 5.42. The highest BCUT2D eigenvalue weighted by atomic mass is 16.3. The Labute approximate surface area is 91.2 Å². The summed E-state index contributed by atoms with van der Waals surface area (Å²) in [5.74, 6) is 0.627. The van der Waals surface area contributed by atoms with Crippen LogP contribution in [0.15, 0.2) is 4.99 Å². The van der Waals surface area contributed by atoms with Crippen LogP contribution in [0.2, 0.25) is 0 Å². The Morgan fingerprint density at radius 1 is 1.47 bits per heavy atom. The summed E-state index contributed by atoms with van der Waals surface area (Å²) in [6, 6.07) is 0.774. The standard InChI is InChI=1S/C11H21N3O/c1-11(2)8(6-9(11)15)13-10(12)14(3)7-4-5-7/h7-9,15H,4-6H2,1-3H3,(H2,12,13). The first-order valence-corrected chi connectivity index (χ1v) is 5.67. The smallest absolute Gasteiger partial charge is 0.191 e. The first kappa shape index (κ1) is 10.7. The fourth-order valence-electron chi connectivity index (χ4n) is 2.00. The van der Waals surface area contributed by atoms with Gasteiger partial charge in [0.2, 0.25) is 0 Å². The van der Waals surface area contributed by atoms with E-state index in [0.29, 0.717) is 12.0 Å². The zero-order chi connectivity index (χ0) is 11.2. The van der Waals surface area contributed by atoms with Crippen LogP contribution in [0, 0.1) is 5.41 Å². The van der Waals surface area contributed by atoms with Crippen molar-refractivity contribution in [2.45, 2.75) is 51.3 Å². The summed E-state index contributed by atoms with van der Waals surface area (Å²) in [4.78, 5) is 6.56. The lowest BCUT2D eigenvalue weighted by Gasteiger charge is -2.47. The van der Waals surface area contributed by atoms with Crippen molar-refractivity contribution in [1.82, 2.24) is 4.90 Å². The maximum Gasteiger partial charge on any atom is 0.191 e. The van der Waals surface area contributed by atoms with Gasteiger partial charge in [-0.05, 0) is 19.3 Å². The van der Waals surface area contributed by atoms with E-state index in [9.17, 15) is 5.11 Å². The van der Waals surface area contributed by atoms with E-state index in [1.54, 1.807) is 0 Å². The molecule has 0 aromatic rings. The van der Waals surface area contributed by atoms with Gasteiger partial charge >= 0.3 is 0 Å². The molecule has 2 atom stereocenters. The van der Waals surface area contributed by atoms with Crippen LogP contribution in [0.1, 0.15) is 33.1 Å². The number of nitrogens with zero attached hydrogens (tertiary/aromatic N) is 2. The van der Waals surface area contributed by atoms with E-state index in [1.807, 2.05) is 20.9 Å². The third-order valence-electron chi connectivity index (χ3n) is 3.91. The molecule has 2 saturated carbocycles. The van der Waals surface area contributed by atoms with E-state index in [1.165, 1.54) is 12.8 Å². The summed E-state index contributed by atoms with van der Waals surface area (Å²) in [6.07, 6.45) is 2.96. The first-order valence-electron chi connectivity index (χ1n) is 5.67. The Kier molecular flexibility index (Phi) is 2.41. The van der Waals surface area contributed by atoms with Crippen LogP contribution in [-0.4, -0.2) is 41.2 Å². The third-order valence-corrected chi connectivity index (χ3v) is 3.91. The summed E-state index contributed by atoms with van der Waals surface area (Å²) < 4.78 is 0. The fourth-order valence-corrected chi connectivity index (χ4v) is 2.00. The molecule has 0 aliphatic heterocycles. The Bertz CT molecular complexity index is 284. The summed E-state index contributed by atoms with van der Waals surface area (Å²) in [5.41, 5.74) is 5.81. The lowest BCUT2D eigenvalue weighted by Crippen LogP contribution is -2.53. The summed E-state index contributed by atoms with van der Waals surface area (Å²) >= 11 is 0. The molecule has 2 rings (SSSR count). The van der Waals surface area contributed by atoms with Crippen molar-refractivity contribution in [2.75, 3.05) is 7.05 Å². The maximum absolute atomic E-state index is 9.60. The zero-order valence-corrected chi connectivity index (χ0v) is 9.77. The van der Waals surface area contributed by atoms with Crippen LogP contribution in [-0.2, 0) is 0 Å². The first-order chi connectivity index (χ1) is 6.93. The topological polar surface area (TPSA) is 61.8 Å². The normalized spacial score (nSPS) is 34.8. The van der Waals surface area contributed by atoms with Crippen LogP contribution in [0.25, 0.3) is 0 Å². The van der Waals surface area contributed by atoms with E-state index >= 15 is 0 Å². The van der Waals surface area contributed by atoms with E-state index in [0.717, 1.165) is 6.42 Å². The predicted octanol–water partition coefficient (Wildman–Crippen LogP) is 0.555. The molecule has 2 aliphatic rings. The van der Waals surface area contributed by atoms with Crippen molar-refractivity contribution >= 4 is 5.96 Å². The molecule has 4 heteroatoms. The second kappa shape index (κ2) is 3.37. The van der Waals surface area contributed by atoms with Gasteiger partial charge in [-0.15, -0.1) is 0 Å². The molecule has 0 saturated heterocycles. The molecule has 2 aliphatic carbocycles. The number of aliphatic hydroxyl groups is 1. The van der Waals surface area contributed by atoms with Gasteiger partial charge in [-0.25, -0.2) is 4.99 Å². The number of guanidine groups is 1. The highest BCUT2D eigenvalue weighted by molar-refractivity contribution is 5.78. The molecule has 0 aromatic carbocycles. The van der Waals surface area contributed by atoms with Gasteiger partial charge in [-0.2, -0.15) is 0 Å². The molecule has 4 nitrogen and oxygen atoms in total. The SMILES string of the molecule is CN(C(N)=NC1CC(O)C1(C)C)C1CC1. The van der Waals surface area contributed by atoms with Crippen LogP contribution in [0.3, 0.4) is 0 Å². The van der Waals surface area contributed by atoms with Gasteiger partial charge in [-0.1, -0.05) is 13.8 Å². The Hall–Kier alpha value is -0.770. The van der Waals surface area contributed by atoms with Gasteiger partial charge in [0, 0.05) is 18.5 Å². The van der Waals surface area contributed by atoms with Crippen LogP contribution < -0.4 is 5.73 Å². The van der Waals surface area contributed by atoms with Crippen LogP contribution in [0.4, 0.5) is 0 Å². The quantitative estimate of drug-likeness (QED) is 0.518. The molecule has 15 heavy (non-hydrogen) atoms. The molecule has 3 N–H and O–H groups in total. The van der Waals surface area contributed by atoms with Gasteiger partial charge in [0.1, 0.15) is 0 Å². The number of nitrogens with two attached hydrogens (primary N) is 1. The summed E-state index contributed by atoms with van der Waals surface area (Å²) in [7, 11) is 2.00. The molecular weight excluding hydrogens is 190 g/mol. The van der Waals surface area contributed by atoms with Gasteiger partial charge in [0.15, 0.2) is 5.96 Å². The van der Waals surface area contributed by atoms with Crippen molar-refractivity contribution in [2.24, 2.45) is 16.1 Å². The summed E-state index contributed by atoms with van der Waals surface area (Å²) in [6.45, 7) is 4.08. The van der Waals surface area contributed by atoms with Crippen molar-refractivity contribution in [3.05, 3.63) is 0 Å². The summed E-state index contributed by atoms with van der Waals surface area (Å²) in [5, 5.41) is 9.60. The molecule has 2 unspecified atom stereocenters. The number of aliphatic imine (C=N–C) groups is 1. The highest BCUT2D eigenvalue weighted by Gasteiger charge is 2.47. The van der Waals surface area contributed by atoms with E-state index in [-0.39, 0.29) is 17.6 Å². The molecule has 0 amide bonds. The Morgan fingerprint density at radius 3 is 2.47 bits per heavy atom. The molecule has 0 spiro atoms. The van der Waals surface area contributed by atoms with Gasteiger partial charge < -0.3 is 15.7 Å². The average molecular weight is 211 g/mol. The van der Waals surface area contributed by atoms with Gasteiger partial charge in [-0.3, -0.25) is 0 Å². The Balaban J connectivity index is 1.98. The molecule has 0 bridgehead atoms. The number of aliphatic hydroxyl groups excluding tert-OH is 1. The van der Waals surface area contributed by atoms with Gasteiger partial charge in [0.25, 0.3) is 0 Å². The minimum absolute atomic E-state index is 0.116. The number of rotatable bonds is 2. The van der Waals surface area contributed by atoms with Crippen LogP contribution in [0.5, 0.6) is 0 Å². The molecule has 0 radical (unpaired) electrons. The second-order valence-electron chi connectivity index (χ2n) is 5.42. The lowest BCUT2D eigenvalue weighted by atomic mass is 9.65. The monoisotopic (exact) mass is 211 g/mol. The highest BCUT2D eigenvalue weighted by Crippen LogP contribution is 2.42. The molecule has 2 fully saturated rings. The van der Waals surface area contributed by atoms with Gasteiger partial charge in [0.05, 0.1) is 12.1 Å². The molecular formula is C11H21N3O. The maximum atomic E-state index is 9.60. The number of hydrogen-bond donors (Lipinski definition) is 2. The number of hydrogen-bond acceptors (Lipinski definition) is 2. The van der Waals surface area contributed by atoms with Crippen molar-refractivity contribution in [3.63, 3.8) is 0 Å². The van der Waals surface area contributed by atoms with Crippen molar-refractivity contribution in [3.8, 4) is 0 Å². The van der Waals surface area contributed by atoms with Crippen molar-refractivity contribution < 1.29 is 5.11 Å². The van der Waals surface area contributed by atoms with E-state index in [2.05, 4.69) is 9.89 Å². The lowest BCUT2D eigenvalue weighted by molar-refractivity contribution is -0.0579. The minimum Gasteiger partial charge on any atom is -0.392 e. The molecule has 0 aromatic heterocycles. The zero-order valence-electron chi connectivity index (χ0n) is 9.77. The third kappa shape index (κ3) is 1.83. The predicted molar refractivity (Wildman–Crippen MR) is 60.6 cm³/mol.